The third-order valence-electron chi connectivity index (χ3n) is 8.02. The molecule has 328 valence electrons. The zero-order valence-corrected chi connectivity index (χ0v) is 33.4. The highest BCUT2D eigenvalue weighted by Gasteiger charge is 2.27. The molecule has 0 bridgehead atoms. The largest absolute Gasteiger partial charge is 0.489 e. The molecule has 0 aromatic heterocycles. The molecule has 0 radical (unpaired) electrons. The third-order valence-corrected chi connectivity index (χ3v) is 8.02. The van der Waals surface area contributed by atoms with Gasteiger partial charge in [-0.15, -0.1) is 0 Å². The molecular weight excluding hydrogens is 798 g/mol. The lowest BCUT2D eigenvalue weighted by atomic mass is 10.0. The first-order chi connectivity index (χ1) is 28.6. The van der Waals surface area contributed by atoms with Crippen LogP contribution in [0.15, 0.2) is 42.5 Å². The lowest BCUT2D eigenvalue weighted by Crippen LogP contribution is -2.43. The van der Waals surface area contributed by atoms with Crippen LogP contribution in [0.3, 0.4) is 0 Å². The first-order valence-corrected chi connectivity index (χ1v) is 18.1. The summed E-state index contributed by atoms with van der Waals surface area (Å²) in [6.45, 7) is -0.728. The molecule has 3 atom stereocenters. The van der Waals surface area contributed by atoms with E-state index in [1.54, 1.807) is 12.1 Å². The molecule has 2 aromatic rings. The van der Waals surface area contributed by atoms with E-state index < -0.39 is 78.4 Å². The molecule has 7 N–H and O–H groups in total. The number of aliphatic carboxylic acids is 1. The summed E-state index contributed by atoms with van der Waals surface area (Å²) in [6.07, 6.45) is -1.81. The van der Waals surface area contributed by atoms with Crippen molar-refractivity contribution in [2.75, 3.05) is 68.0 Å². The zero-order valence-electron chi connectivity index (χ0n) is 33.4. The normalized spacial score (nSPS) is 12.0. The number of carbonyl (C=O) groups is 9. The Labute approximate surface area is 344 Å². The number of benzene rings is 2. The molecule has 0 aliphatic heterocycles. The molecule has 1 unspecified atom stereocenters. The third kappa shape index (κ3) is 17.9. The van der Waals surface area contributed by atoms with Crippen LogP contribution in [0.5, 0.6) is 5.75 Å². The van der Waals surface area contributed by atoms with E-state index in [0.29, 0.717) is 5.75 Å². The first kappa shape index (κ1) is 49.5. The van der Waals surface area contributed by atoms with E-state index in [9.17, 15) is 43.2 Å². The Balaban J connectivity index is 2.18. The van der Waals surface area contributed by atoms with Crippen molar-refractivity contribution in [1.29, 1.82) is 0 Å². The highest BCUT2D eigenvalue weighted by molar-refractivity contribution is 6.06. The van der Waals surface area contributed by atoms with Crippen LogP contribution in [0.1, 0.15) is 67.1 Å². The topological polar surface area (TPSA) is 313 Å². The van der Waals surface area contributed by atoms with Crippen molar-refractivity contribution >= 4 is 53.5 Å². The molecule has 0 aliphatic carbocycles. The summed E-state index contributed by atoms with van der Waals surface area (Å²) in [5, 5.41) is 18.6. The number of carboxylic acid groups (broad SMARTS) is 1. The highest BCUT2D eigenvalue weighted by atomic mass is 16.6. The number of esters is 4. The summed E-state index contributed by atoms with van der Waals surface area (Å²) in [5.41, 5.74) is 5.27. The highest BCUT2D eigenvalue weighted by Crippen LogP contribution is 2.15. The Morgan fingerprint density at radius 1 is 0.633 bits per heavy atom. The summed E-state index contributed by atoms with van der Waals surface area (Å²) < 4.78 is 34.4. The molecule has 0 heterocycles. The van der Waals surface area contributed by atoms with Gasteiger partial charge in [-0.2, -0.15) is 0 Å². The second kappa shape index (κ2) is 26.4. The minimum Gasteiger partial charge on any atom is -0.489 e. The second-order valence-corrected chi connectivity index (χ2v) is 12.3. The van der Waals surface area contributed by atoms with Crippen LogP contribution in [0, 0.1) is 0 Å². The fraction of sp³-hybridized carbons (Fsp3) is 0.447. The van der Waals surface area contributed by atoms with E-state index in [-0.39, 0.29) is 80.8 Å². The van der Waals surface area contributed by atoms with E-state index in [4.69, 9.17) is 34.5 Å². The smallest absolute Gasteiger partial charge is 0.329 e. The first-order valence-electron chi connectivity index (χ1n) is 18.1. The maximum absolute atomic E-state index is 13.5. The van der Waals surface area contributed by atoms with Crippen molar-refractivity contribution in [2.45, 2.75) is 44.0 Å². The molecule has 0 saturated carbocycles. The van der Waals surface area contributed by atoms with Crippen LogP contribution in [-0.2, 0) is 52.4 Å². The predicted octanol–water partition coefficient (Wildman–Crippen LogP) is -0.923. The van der Waals surface area contributed by atoms with Crippen molar-refractivity contribution in [3.63, 3.8) is 0 Å². The van der Waals surface area contributed by atoms with E-state index in [1.165, 1.54) is 12.1 Å². The monoisotopic (exact) mass is 847 g/mol. The maximum Gasteiger partial charge on any atom is 0.329 e. The van der Waals surface area contributed by atoms with E-state index in [2.05, 4.69) is 30.7 Å². The molecule has 2 rings (SSSR count). The Kier molecular flexibility index (Phi) is 21.8. The number of nitrogens with one attached hydrogen (secondary N) is 4. The van der Waals surface area contributed by atoms with E-state index >= 15 is 0 Å². The molecular formula is C38H49N5O17. The Bertz CT molecular complexity index is 1770. The van der Waals surface area contributed by atoms with Crippen molar-refractivity contribution in [3.05, 3.63) is 64.7 Å². The van der Waals surface area contributed by atoms with Gasteiger partial charge in [0.1, 0.15) is 37.3 Å². The predicted molar refractivity (Wildman–Crippen MR) is 204 cm³/mol. The second-order valence-electron chi connectivity index (χ2n) is 12.3. The fourth-order valence-electron chi connectivity index (χ4n) is 4.94. The summed E-state index contributed by atoms with van der Waals surface area (Å²) in [7, 11) is 4.44. The average Bonchev–Trinajstić information content (AvgIpc) is 3.25. The summed E-state index contributed by atoms with van der Waals surface area (Å²) >= 11 is 0. The Morgan fingerprint density at radius 2 is 1.12 bits per heavy atom. The number of methoxy groups -OCH3 is 4. The molecule has 4 amide bonds. The standard InChI is InChI=1S/C38H49N5O17/c1-54-31(46)10-8-27(37(52)56-3)42-35(50)24-16-23(17-25(18-24)36(51)43-28(38(53)57-4)9-11-32(47)55-2)34(49)41-13-12-40-33(48)22-6-5-7-26(19-22)60-20-29(39)59-15-14-58-21-30(44)45/h5-7,16-19,27-29H,8-15,20-21,39H2,1-4H3,(H,40,48)(H,41,49)(H,42,50)(H,43,51)(H,44,45)/t27-,28-,29?/m0/s1. The summed E-state index contributed by atoms with van der Waals surface area (Å²) in [5.74, 6) is -7.12. The van der Waals surface area contributed by atoms with Gasteiger partial charge in [-0.3, -0.25) is 28.8 Å². The molecule has 0 saturated heterocycles. The van der Waals surface area contributed by atoms with Gasteiger partial charge < -0.3 is 65.3 Å². The number of hydrogen-bond acceptors (Lipinski definition) is 17. The quantitative estimate of drug-likeness (QED) is 0.0289. The number of carbonyl (C=O) groups excluding carboxylic acids is 8. The molecule has 60 heavy (non-hydrogen) atoms. The average molecular weight is 848 g/mol. The molecule has 0 aliphatic rings. The van der Waals surface area contributed by atoms with Crippen LogP contribution in [-0.4, -0.2) is 145 Å². The SMILES string of the molecule is COC(=O)CC[C@H](NC(=O)c1cc(C(=O)NCCNC(=O)c2cccc(OCC(N)OCCOCC(=O)O)c2)cc(C(=O)N[C@@H](CCC(=O)OC)C(=O)OC)c1)C(=O)OC. The Morgan fingerprint density at radius 3 is 1.58 bits per heavy atom. The number of hydrogen-bond donors (Lipinski definition) is 6. The van der Waals surface area contributed by atoms with E-state index in [0.717, 1.165) is 46.6 Å². The van der Waals surface area contributed by atoms with Gasteiger partial charge in [-0.1, -0.05) is 6.07 Å². The van der Waals surface area contributed by atoms with Gasteiger partial charge in [-0.25, -0.2) is 14.4 Å². The van der Waals surface area contributed by atoms with Gasteiger partial charge in [-0.05, 0) is 49.2 Å². The van der Waals surface area contributed by atoms with Crippen LogP contribution < -0.4 is 31.7 Å². The zero-order chi connectivity index (χ0) is 44.6. The van der Waals surface area contributed by atoms with Gasteiger partial charge >= 0.3 is 29.8 Å². The van der Waals surface area contributed by atoms with Crippen molar-refractivity contribution in [3.8, 4) is 5.75 Å². The number of rotatable bonds is 26. The van der Waals surface area contributed by atoms with Crippen LogP contribution in [0.2, 0.25) is 0 Å². The van der Waals surface area contributed by atoms with Crippen LogP contribution in [0.25, 0.3) is 0 Å². The molecule has 0 fully saturated rings. The number of amides is 4. The van der Waals surface area contributed by atoms with Crippen molar-refractivity contribution in [2.24, 2.45) is 5.73 Å². The molecule has 2 aromatic carbocycles. The van der Waals surface area contributed by atoms with Gasteiger partial charge in [0.15, 0.2) is 0 Å². The van der Waals surface area contributed by atoms with Gasteiger partial charge in [0.25, 0.3) is 23.6 Å². The number of nitrogens with two attached hydrogens (primary N) is 1. The number of ether oxygens (including phenoxy) is 7. The van der Waals surface area contributed by atoms with Gasteiger partial charge in [0.05, 0.1) is 41.7 Å². The molecule has 22 nitrogen and oxygen atoms in total. The van der Waals surface area contributed by atoms with Crippen molar-refractivity contribution < 1.29 is 81.4 Å². The minimum absolute atomic E-state index is 0.0112. The molecule has 22 heteroatoms. The molecule has 0 spiro atoms. The summed E-state index contributed by atoms with van der Waals surface area (Å²) in [6, 6.07) is 6.78. The summed E-state index contributed by atoms with van der Waals surface area (Å²) in [4.78, 5) is 112. The minimum atomic E-state index is -1.33. The Hall–Kier alpha value is -6.65. The lowest BCUT2D eigenvalue weighted by Gasteiger charge is -2.18. The van der Waals surface area contributed by atoms with Crippen molar-refractivity contribution in [1.82, 2.24) is 21.3 Å². The fourth-order valence-corrected chi connectivity index (χ4v) is 4.94. The number of carboxylic acids is 1. The van der Waals surface area contributed by atoms with Gasteiger partial charge in [0.2, 0.25) is 0 Å². The lowest BCUT2D eigenvalue weighted by molar-refractivity contribution is -0.146. The van der Waals surface area contributed by atoms with Crippen LogP contribution in [0.4, 0.5) is 0 Å². The maximum atomic E-state index is 13.5. The van der Waals surface area contributed by atoms with Crippen LogP contribution >= 0.6 is 0 Å². The van der Waals surface area contributed by atoms with Gasteiger partial charge in [0, 0.05) is 48.2 Å². The van der Waals surface area contributed by atoms with E-state index in [1.807, 2.05) is 0 Å².